The van der Waals surface area contributed by atoms with Gasteiger partial charge in [-0.15, -0.1) is 0 Å². The number of sulfonamides is 1. The van der Waals surface area contributed by atoms with Crippen LogP contribution in [-0.4, -0.2) is 25.8 Å². The van der Waals surface area contributed by atoms with E-state index < -0.39 is 27.4 Å². The monoisotopic (exact) mass is 503 g/mol. The number of ether oxygens (including phenoxy) is 1. The Kier molecular flexibility index (Phi) is 7.26. The van der Waals surface area contributed by atoms with E-state index in [1.165, 1.54) is 30.3 Å². The van der Waals surface area contributed by atoms with Gasteiger partial charge in [0, 0.05) is 12.1 Å². The van der Waals surface area contributed by atoms with Crippen molar-refractivity contribution >= 4 is 33.0 Å². The minimum Gasteiger partial charge on any atom is -0.455 e. The Balaban J connectivity index is 1.64. The predicted octanol–water partition coefficient (Wildman–Crippen LogP) is 5.22. The summed E-state index contributed by atoms with van der Waals surface area (Å²) in [5.41, 5.74) is 0.0160. The number of carbonyl (C=O) groups is 1. The summed E-state index contributed by atoms with van der Waals surface area (Å²) in [6.45, 7) is -0.627. The van der Waals surface area contributed by atoms with Crippen molar-refractivity contribution in [1.82, 2.24) is 0 Å². The van der Waals surface area contributed by atoms with E-state index in [2.05, 4.69) is 5.32 Å². The highest BCUT2D eigenvalue weighted by Crippen LogP contribution is 2.30. The van der Waals surface area contributed by atoms with Gasteiger partial charge in [0.2, 0.25) is 5.91 Å². The molecule has 4 aromatic carbocycles. The van der Waals surface area contributed by atoms with Crippen LogP contribution in [0.25, 0.3) is 0 Å². The third-order valence-electron chi connectivity index (χ3n) is 5.08. The van der Waals surface area contributed by atoms with Gasteiger partial charge in [-0.25, -0.2) is 8.42 Å². The molecule has 4 rings (SSSR count). The Hall–Kier alpha value is -4.70. The van der Waals surface area contributed by atoms with E-state index in [0.29, 0.717) is 17.2 Å². The first-order valence-corrected chi connectivity index (χ1v) is 12.2. The smallest absolute Gasteiger partial charge is 0.271 e. The molecule has 0 atom stereocenters. The second kappa shape index (κ2) is 10.7. The van der Waals surface area contributed by atoms with Gasteiger partial charge in [0.25, 0.3) is 15.7 Å². The molecular formula is C26H21N3O6S. The fraction of sp³-hybridized carbons (Fsp3) is 0.0385. The zero-order chi connectivity index (χ0) is 25.5. The lowest BCUT2D eigenvalue weighted by atomic mass is 10.2. The predicted molar refractivity (Wildman–Crippen MR) is 136 cm³/mol. The van der Waals surface area contributed by atoms with Crippen LogP contribution in [0.1, 0.15) is 0 Å². The van der Waals surface area contributed by atoms with E-state index in [0.717, 1.165) is 10.4 Å². The summed E-state index contributed by atoms with van der Waals surface area (Å²) < 4.78 is 33.6. The van der Waals surface area contributed by atoms with Crippen molar-refractivity contribution in [3.8, 4) is 11.5 Å². The number of nitrogens with one attached hydrogen (secondary N) is 1. The second-order valence-electron chi connectivity index (χ2n) is 7.56. The van der Waals surface area contributed by atoms with Crippen LogP contribution >= 0.6 is 0 Å². The summed E-state index contributed by atoms with van der Waals surface area (Å²) in [6, 6.07) is 28.4. The zero-order valence-corrected chi connectivity index (χ0v) is 19.7. The number of anilines is 2. The maximum Gasteiger partial charge on any atom is 0.271 e. The highest BCUT2D eigenvalue weighted by atomic mass is 32.2. The van der Waals surface area contributed by atoms with Gasteiger partial charge in [-0.3, -0.25) is 19.2 Å². The molecule has 0 unspecified atom stereocenters. The topological polar surface area (TPSA) is 119 Å². The Bertz CT molecular complexity index is 1480. The molecule has 0 aliphatic heterocycles. The number of nitro benzene ring substituents is 1. The zero-order valence-electron chi connectivity index (χ0n) is 18.9. The number of nitro groups is 1. The van der Waals surface area contributed by atoms with Crippen molar-refractivity contribution in [1.29, 1.82) is 0 Å². The van der Waals surface area contributed by atoms with E-state index in [1.54, 1.807) is 54.6 Å². The average Bonchev–Trinajstić information content (AvgIpc) is 2.89. The third kappa shape index (κ3) is 5.68. The third-order valence-corrected chi connectivity index (χ3v) is 6.87. The molecule has 0 fully saturated rings. The normalized spacial score (nSPS) is 10.9. The fourth-order valence-corrected chi connectivity index (χ4v) is 4.82. The minimum absolute atomic E-state index is 0.0166. The summed E-state index contributed by atoms with van der Waals surface area (Å²) in [6.07, 6.45) is 0. The van der Waals surface area contributed by atoms with Crippen LogP contribution in [-0.2, 0) is 14.8 Å². The largest absolute Gasteiger partial charge is 0.455 e. The summed E-state index contributed by atoms with van der Waals surface area (Å²) in [5, 5.41) is 14.0. The molecule has 0 bridgehead atoms. The second-order valence-corrected chi connectivity index (χ2v) is 9.42. The van der Waals surface area contributed by atoms with Crippen LogP contribution < -0.4 is 14.4 Å². The fourth-order valence-electron chi connectivity index (χ4n) is 3.39. The number of hydrogen-bond acceptors (Lipinski definition) is 6. The van der Waals surface area contributed by atoms with Crippen molar-refractivity contribution in [2.24, 2.45) is 0 Å². The summed E-state index contributed by atoms with van der Waals surface area (Å²) in [7, 11) is -4.22. The molecule has 0 aromatic heterocycles. The molecule has 10 heteroatoms. The average molecular weight is 504 g/mol. The van der Waals surface area contributed by atoms with Gasteiger partial charge < -0.3 is 10.1 Å². The molecule has 0 saturated carbocycles. The first kappa shape index (κ1) is 24.4. The molecular weight excluding hydrogens is 482 g/mol. The van der Waals surface area contributed by atoms with Crippen molar-refractivity contribution in [3.05, 3.63) is 119 Å². The Morgan fingerprint density at radius 1 is 0.861 bits per heavy atom. The number of rotatable bonds is 9. The number of amides is 1. The quantitative estimate of drug-likeness (QED) is 0.247. The standard InChI is InChI=1S/C26H21N3O6S/c30-26(27-24-16-7-8-17-25(24)35-22-12-3-1-4-13-22)19-28(20-10-9-11-21(18-20)29(31)32)36(33,34)23-14-5-2-6-15-23/h1-18H,19H2,(H,27,30). The maximum atomic E-state index is 13.5. The SMILES string of the molecule is O=C(CN(c1cccc([N+](=O)[O-])c1)S(=O)(=O)c1ccccc1)Nc1ccccc1Oc1ccccc1. The summed E-state index contributed by atoms with van der Waals surface area (Å²) >= 11 is 0. The minimum atomic E-state index is -4.22. The lowest BCUT2D eigenvalue weighted by Crippen LogP contribution is -2.38. The van der Waals surface area contributed by atoms with Gasteiger partial charge in [0.05, 0.1) is 21.2 Å². The number of nitrogens with zero attached hydrogens (tertiary/aromatic N) is 2. The van der Waals surface area contributed by atoms with Crippen molar-refractivity contribution in [3.63, 3.8) is 0 Å². The number of para-hydroxylation sites is 3. The van der Waals surface area contributed by atoms with E-state index in [1.807, 2.05) is 18.2 Å². The van der Waals surface area contributed by atoms with Crippen LogP contribution in [0, 0.1) is 10.1 Å². The van der Waals surface area contributed by atoms with E-state index in [-0.39, 0.29) is 16.3 Å². The van der Waals surface area contributed by atoms with E-state index in [9.17, 15) is 23.3 Å². The molecule has 1 amide bonds. The van der Waals surface area contributed by atoms with Crippen molar-refractivity contribution in [2.45, 2.75) is 4.90 Å². The molecule has 0 spiro atoms. The molecule has 0 heterocycles. The maximum absolute atomic E-state index is 13.5. The molecule has 0 aliphatic rings. The Morgan fingerprint density at radius 3 is 2.19 bits per heavy atom. The van der Waals surface area contributed by atoms with Gasteiger partial charge in [-0.2, -0.15) is 0 Å². The van der Waals surface area contributed by atoms with Crippen LogP contribution in [0.3, 0.4) is 0 Å². The van der Waals surface area contributed by atoms with Gasteiger partial charge in [-0.05, 0) is 42.5 Å². The lowest BCUT2D eigenvalue weighted by molar-refractivity contribution is -0.384. The Morgan fingerprint density at radius 2 is 1.50 bits per heavy atom. The first-order valence-electron chi connectivity index (χ1n) is 10.8. The number of non-ortho nitro benzene ring substituents is 1. The first-order chi connectivity index (χ1) is 17.3. The molecule has 1 N–H and O–H groups in total. The highest BCUT2D eigenvalue weighted by Gasteiger charge is 2.28. The summed E-state index contributed by atoms with van der Waals surface area (Å²) in [4.78, 5) is 23.7. The number of carbonyl (C=O) groups excluding carboxylic acids is 1. The van der Waals surface area contributed by atoms with Gasteiger partial charge in [0.1, 0.15) is 12.3 Å². The van der Waals surface area contributed by atoms with Crippen LogP contribution in [0.15, 0.2) is 114 Å². The van der Waals surface area contributed by atoms with Crippen LogP contribution in [0.5, 0.6) is 11.5 Å². The van der Waals surface area contributed by atoms with E-state index in [4.69, 9.17) is 4.74 Å². The lowest BCUT2D eigenvalue weighted by Gasteiger charge is -2.24. The molecule has 36 heavy (non-hydrogen) atoms. The Labute approximate surface area is 207 Å². The van der Waals surface area contributed by atoms with Crippen LogP contribution in [0.2, 0.25) is 0 Å². The van der Waals surface area contributed by atoms with Crippen LogP contribution in [0.4, 0.5) is 17.1 Å². The highest BCUT2D eigenvalue weighted by molar-refractivity contribution is 7.92. The number of benzene rings is 4. The molecule has 182 valence electrons. The molecule has 4 aromatic rings. The molecule has 0 saturated heterocycles. The summed E-state index contributed by atoms with van der Waals surface area (Å²) in [5.74, 6) is 0.263. The van der Waals surface area contributed by atoms with Gasteiger partial charge in [-0.1, -0.05) is 54.6 Å². The molecule has 9 nitrogen and oxygen atoms in total. The molecule has 0 aliphatic carbocycles. The van der Waals surface area contributed by atoms with Gasteiger partial charge in [0.15, 0.2) is 5.75 Å². The number of hydrogen-bond donors (Lipinski definition) is 1. The van der Waals surface area contributed by atoms with Crippen molar-refractivity contribution in [2.75, 3.05) is 16.2 Å². The van der Waals surface area contributed by atoms with Gasteiger partial charge >= 0.3 is 0 Å². The molecule has 0 radical (unpaired) electrons. The van der Waals surface area contributed by atoms with E-state index >= 15 is 0 Å². The van der Waals surface area contributed by atoms with Crippen molar-refractivity contribution < 1.29 is 22.9 Å².